The SMILES string of the molecule is C#Cc1ccc2[nH]nc(-c3cc(O[C@H](C)[C@H]4CCC(=O)C4)c4cn(C)nc4c3)c2c1.C[C@@H](Oc1cc(-c2ccn(C)n2)cc2nn(C)cc12)[C@H]1CCC(=O)C1.C[C@@H](Oc1cc(-c2cnn(CCC(C)(F)F)c2)cc2nn(C)cc12)[C@H]1CCC(=O)C1. The van der Waals surface area contributed by atoms with E-state index in [4.69, 9.17) is 20.6 Å². The van der Waals surface area contributed by atoms with Crippen LogP contribution in [0, 0.1) is 30.1 Å². The number of aromatic amines is 1. The van der Waals surface area contributed by atoms with Gasteiger partial charge in [0.1, 0.15) is 40.3 Å². The summed E-state index contributed by atoms with van der Waals surface area (Å²) in [4.78, 5) is 35.0. The Bertz CT molecular complexity index is 4170. The predicted octanol–water partition coefficient (Wildman–Crippen LogP) is 12.0. The van der Waals surface area contributed by atoms with E-state index in [0.29, 0.717) is 61.6 Å². The number of nitrogens with zero attached hydrogens (tertiary/aromatic N) is 11. The average Bonchev–Trinajstić information content (AvgIpc) is 4.10. The van der Waals surface area contributed by atoms with Crippen LogP contribution in [0.5, 0.6) is 17.2 Å². The predicted molar refractivity (Wildman–Crippen MR) is 321 cm³/mol. The molecule has 0 spiro atoms. The number of ether oxygens (including phenoxy) is 3. The lowest BCUT2D eigenvalue weighted by Gasteiger charge is -2.21. The highest BCUT2D eigenvalue weighted by atomic mass is 19.3. The molecule has 0 bridgehead atoms. The van der Waals surface area contributed by atoms with Gasteiger partial charge in [-0.1, -0.05) is 5.92 Å². The summed E-state index contributed by atoms with van der Waals surface area (Å²) in [7, 11) is 7.56. The van der Waals surface area contributed by atoms with Gasteiger partial charge in [0.15, 0.2) is 0 Å². The highest BCUT2D eigenvalue weighted by Crippen LogP contribution is 2.40. The summed E-state index contributed by atoms with van der Waals surface area (Å²) in [5, 5.41) is 33.7. The molecule has 6 atom stereocenters. The molecule has 13 rings (SSSR count). The second kappa shape index (κ2) is 23.9. The van der Waals surface area contributed by atoms with Crippen molar-refractivity contribution < 1.29 is 37.4 Å². The third-order valence-corrected chi connectivity index (χ3v) is 16.6. The number of hydrogen-bond acceptors (Lipinski definition) is 12. The monoisotopic (exact) mass is 1150 g/mol. The lowest BCUT2D eigenvalue weighted by atomic mass is 10.0. The van der Waals surface area contributed by atoms with E-state index in [9.17, 15) is 23.2 Å². The van der Waals surface area contributed by atoms with E-state index in [2.05, 4.69) is 48.5 Å². The fourth-order valence-electron chi connectivity index (χ4n) is 11.8. The second-order valence-corrected chi connectivity index (χ2v) is 23.4. The van der Waals surface area contributed by atoms with E-state index in [1.165, 1.54) is 4.68 Å². The van der Waals surface area contributed by atoms with Crippen LogP contribution in [0.2, 0.25) is 0 Å². The number of rotatable bonds is 15. The zero-order valence-electron chi connectivity index (χ0n) is 49.2. The van der Waals surface area contributed by atoms with E-state index >= 15 is 0 Å². The molecule has 18 nitrogen and oxygen atoms in total. The smallest absolute Gasteiger partial charge is 0.247 e. The first-order valence-electron chi connectivity index (χ1n) is 29.0. The van der Waals surface area contributed by atoms with Crippen molar-refractivity contribution in [2.45, 2.75) is 123 Å². The third-order valence-electron chi connectivity index (χ3n) is 16.6. The summed E-state index contributed by atoms with van der Waals surface area (Å²) >= 11 is 0. The molecule has 3 aliphatic rings. The van der Waals surface area contributed by atoms with Gasteiger partial charge in [0.25, 0.3) is 0 Å². The van der Waals surface area contributed by atoms with Crippen molar-refractivity contribution in [1.29, 1.82) is 0 Å². The lowest BCUT2D eigenvalue weighted by molar-refractivity contribution is -0.118. The van der Waals surface area contributed by atoms with E-state index in [1.807, 2.05) is 127 Å². The van der Waals surface area contributed by atoms with Crippen molar-refractivity contribution in [1.82, 2.24) is 59.1 Å². The summed E-state index contributed by atoms with van der Waals surface area (Å²) in [6.07, 6.45) is 22.7. The number of benzene rings is 4. The molecule has 6 heterocycles. The van der Waals surface area contributed by atoms with Gasteiger partial charge in [-0.15, -0.1) is 6.42 Å². The topological polar surface area (TPSA) is 197 Å². The Morgan fingerprint density at radius 2 is 1.09 bits per heavy atom. The van der Waals surface area contributed by atoms with Gasteiger partial charge in [-0.2, -0.15) is 30.6 Å². The molecule has 440 valence electrons. The van der Waals surface area contributed by atoms with Gasteiger partial charge in [-0.3, -0.25) is 42.9 Å². The Labute approximate surface area is 490 Å². The number of Topliss-reactive ketones (excluding diaryl/α,β-unsaturated/α-hetero) is 3. The van der Waals surface area contributed by atoms with Crippen LogP contribution in [0.1, 0.15) is 97.5 Å². The molecule has 0 amide bonds. The number of halogens is 2. The van der Waals surface area contributed by atoms with Gasteiger partial charge >= 0.3 is 0 Å². The minimum absolute atomic E-state index is 0.00570. The van der Waals surface area contributed by atoms with Crippen molar-refractivity contribution in [2.24, 2.45) is 45.9 Å². The number of alkyl halides is 2. The van der Waals surface area contributed by atoms with Crippen LogP contribution in [0.3, 0.4) is 0 Å². The first-order valence-corrected chi connectivity index (χ1v) is 29.0. The van der Waals surface area contributed by atoms with Gasteiger partial charge in [0.05, 0.1) is 68.4 Å². The molecule has 10 aromatic rings. The second-order valence-electron chi connectivity index (χ2n) is 23.4. The fourth-order valence-corrected chi connectivity index (χ4v) is 11.8. The van der Waals surface area contributed by atoms with Gasteiger partial charge < -0.3 is 14.2 Å². The summed E-state index contributed by atoms with van der Waals surface area (Å²) in [6, 6.07) is 19.8. The minimum atomic E-state index is -2.72. The highest BCUT2D eigenvalue weighted by Gasteiger charge is 2.32. The Morgan fingerprint density at radius 1 is 0.612 bits per heavy atom. The molecule has 20 heteroatoms. The number of nitrogens with one attached hydrogen (secondary N) is 1. The molecule has 0 radical (unpaired) electrons. The minimum Gasteiger partial charge on any atom is -0.490 e. The summed E-state index contributed by atoms with van der Waals surface area (Å²) in [5.74, 6) is 3.93. The molecule has 0 saturated heterocycles. The maximum Gasteiger partial charge on any atom is 0.247 e. The average molecular weight is 1150 g/mol. The summed E-state index contributed by atoms with van der Waals surface area (Å²) in [6.45, 7) is 7.15. The van der Waals surface area contributed by atoms with Crippen LogP contribution < -0.4 is 14.2 Å². The van der Waals surface area contributed by atoms with E-state index in [0.717, 1.165) is 121 Å². The van der Waals surface area contributed by atoms with Crippen molar-refractivity contribution >= 4 is 61.0 Å². The summed E-state index contributed by atoms with van der Waals surface area (Å²) < 4.78 is 53.9. The number of carbonyl (C=O) groups excluding carboxylic acids is 3. The first kappa shape index (κ1) is 57.8. The lowest BCUT2D eigenvalue weighted by Crippen LogP contribution is -2.21. The largest absolute Gasteiger partial charge is 0.490 e. The van der Waals surface area contributed by atoms with Crippen LogP contribution >= 0.6 is 0 Å². The number of H-pyrrole nitrogens is 1. The maximum atomic E-state index is 13.2. The number of fused-ring (bicyclic) bond motifs is 4. The van der Waals surface area contributed by atoms with Crippen molar-refractivity contribution in [3.05, 3.63) is 103 Å². The zero-order valence-corrected chi connectivity index (χ0v) is 49.2. The van der Waals surface area contributed by atoms with Crippen LogP contribution in [-0.4, -0.2) is 101 Å². The number of carbonyl (C=O) groups is 3. The van der Waals surface area contributed by atoms with Gasteiger partial charge in [-0.05, 0) is 113 Å². The Kier molecular flexibility index (Phi) is 16.3. The number of hydrogen-bond donors (Lipinski definition) is 1. The molecular formula is C65H70F2N12O6. The van der Waals surface area contributed by atoms with Crippen LogP contribution in [0.25, 0.3) is 77.3 Å². The quantitative estimate of drug-likeness (QED) is 0.0955. The zero-order chi connectivity index (χ0) is 59.8. The molecule has 0 unspecified atom stereocenters. The third kappa shape index (κ3) is 13.2. The van der Waals surface area contributed by atoms with E-state index in [1.54, 1.807) is 31.1 Å². The van der Waals surface area contributed by atoms with Gasteiger partial charge in [-0.25, -0.2) is 8.78 Å². The van der Waals surface area contributed by atoms with E-state index in [-0.39, 0.29) is 49.0 Å². The molecule has 1 N–H and O–H groups in total. The van der Waals surface area contributed by atoms with Crippen LogP contribution in [0.4, 0.5) is 8.78 Å². The van der Waals surface area contributed by atoms with Crippen LogP contribution in [0.15, 0.2) is 97.8 Å². The Balaban J connectivity index is 0.000000133. The number of aromatic nitrogens is 12. The van der Waals surface area contributed by atoms with Crippen LogP contribution in [-0.2, 0) is 49.1 Å². The molecule has 3 saturated carbocycles. The Morgan fingerprint density at radius 3 is 1.55 bits per heavy atom. The molecular weight excluding hydrogens is 1080 g/mol. The molecule has 85 heavy (non-hydrogen) atoms. The fraction of sp³-hybridized carbons (Fsp3) is 0.400. The molecule has 3 fully saturated rings. The van der Waals surface area contributed by atoms with Crippen molar-refractivity contribution in [3.63, 3.8) is 0 Å². The first-order chi connectivity index (χ1) is 40.7. The molecule has 0 aliphatic heterocycles. The van der Waals surface area contributed by atoms with Crippen molar-refractivity contribution in [2.75, 3.05) is 0 Å². The number of ketones is 3. The standard InChI is InChI=1S/C24H22N4O2.C22H26F2N4O2.C19H22N4O2/c1-4-15-5-8-21-19(9-15)24(26-25-21)17-11-22-20(13-28(3)27-22)23(12-17)30-14(2)16-6-7-18(29)10-16;1-14(15-4-5-18(29)8-15)30-21-10-16(9-20-19(21)13-27(3)26-20)17-11-25-28(12-17)7-6-22(2,23)24;1-12(13-4-5-15(24)8-13)25-19-10-14(17-6-7-22(2)20-17)9-18-16(19)11-23(3)21-18/h1,5,8-9,11-14,16H,6-7,10H2,2-3H3,(H,25,26);9-15H,4-8H2,1-3H3;6-7,9-13H,4-5,8H2,1-3H3/t14-,16+;14-,15+;12-,13+/m111/s1. The Hall–Kier alpha value is -8.99. The number of aryl methyl sites for hydroxylation is 5. The van der Waals surface area contributed by atoms with Crippen molar-refractivity contribution in [3.8, 4) is 63.2 Å². The molecule has 3 aliphatic carbocycles. The number of terminal acetylenes is 1. The summed E-state index contributed by atoms with van der Waals surface area (Å²) in [5.41, 5.74) is 9.50. The molecule has 4 aromatic carbocycles. The molecule has 6 aromatic heterocycles. The highest BCUT2D eigenvalue weighted by molar-refractivity contribution is 5.98. The van der Waals surface area contributed by atoms with Gasteiger partial charge in [0.2, 0.25) is 5.92 Å². The van der Waals surface area contributed by atoms with Gasteiger partial charge in [0, 0.05) is 156 Å². The van der Waals surface area contributed by atoms with E-state index < -0.39 is 5.92 Å². The maximum absolute atomic E-state index is 13.2. The normalized spacial score (nSPS) is 18.2.